The van der Waals surface area contributed by atoms with Crippen molar-refractivity contribution in [1.29, 1.82) is 0 Å². The van der Waals surface area contributed by atoms with Gasteiger partial charge in [-0.1, -0.05) is 0 Å². The number of aliphatic imine (C=N–C) groups is 1. The minimum atomic E-state index is -4.72. The molecule has 1 saturated carbocycles. The molecule has 0 heterocycles. The smallest absolute Gasteiger partial charge is 0.416 e. The number of anilines is 1. The number of rotatable bonds is 6. The lowest BCUT2D eigenvalue weighted by molar-refractivity contribution is -0.138. The average molecular weight is 532 g/mol. The highest BCUT2D eigenvalue weighted by atomic mass is 19.4. The summed E-state index contributed by atoms with van der Waals surface area (Å²) in [6.07, 6.45) is -3.67. The van der Waals surface area contributed by atoms with Gasteiger partial charge in [0.15, 0.2) is 5.96 Å². The number of aryl methyl sites for hydroxylation is 1. The molecule has 0 saturated heterocycles. The topological polar surface area (TPSA) is 120 Å². The molecule has 198 valence electrons. The standard InChI is InChI=1S/C26H21F5N4O3/c1-12-8-14(27)4-7-21(12)38-22-11-19(26(29,30)31)16(13-2-3-13)10-18(22)24(37)34-15-5-6-20(28)17(9-15)23(36)35-25(32)33/h4-11,13H,2-3H2,1H3,(H,34,37)(H4,32,33,35,36). The quantitative estimate of drug-likeness (QED) is 0.216. The molecule has 1 fully saturated rings. The Morgan fingerprint density at radius 2 is 1.68 bits per heavy atom. The van der Waals surface area contributed by atoms with Crippen LogP contribution in [0.4, 0.5) is 27.6 Å². The van der Waals surface area contributed by atoms with Gasteiger partial charge in [-0.05, 0) is 85.3 Å². The van der Waals surface area contributed by atoms with Gasteiger partial charge >= 0.3 is 6.18 Å². The first-order valence-electron chi connectivity index (χ1n) is 11.3. The van der Waals surface area contributed by atoms with Crippen molar-refractivity contribution in [1.82, 2.24) is 0 Å². The Balaban J connectivity index is 1.77. The van der Waals surface area contributed by atoms with E-state index in [1.165, 1.54) is 13.0 Å². The fourth-order valence-corrected chi connectivity index (χ4v) is 3.82. The number of benzene rings is 3. The van der Waals surface area contributed by atoms with Gasteiger partial charge in [0.2, 0.25) is 0 Å². The number of guanidine groups is 1. The van der Waals surface area contributed by atoms with E-state index in [4.69, 9.17) is 16.2 Å². The number of ether oxygens (including phenoxy) is 1. The maximum atomic E-state index is 14.2. The Hall–Kier alpha value is -4.48. The third-order valence-corrected chi connectivity index (χ3v) is 5.76. The SMILES string of the molecule is Cc1cc(F)ccc1Oc1cc(C(F)(F)F)c(C2CC2)cc1C(=O)Nc1ccc(F)c(C(=O)N=C(N)N)c1. The van der Waals surface area contributed by atoms with Gasteiger partial charge < -0.3 is 21.5 Å². The van der Waals surface area contributed by atoms with Crippen LogP contribution in [0.25, 0.3) is 0 Å². The molecule has 0 atom stereocenters. The lowest BCUT2D eigenvalue weighted by atomic mass is 9.98. The number of nitrogens with two attached hydrogens (primary N) is 2. The summed E-state index contributed by atoms with van der Waals surface area (Å²) in [4.78, 5) is 28.6. The van der Waals surface area contributed by atoms with Crippen molar-refractivity contribution in [2.75, 3.05) is 5.32 Å². The number of nitrogens with one attached hydrogen (secondary N) is 1. The van der Waals surface area contributed by atoms with Crippen LogP contribution >= 0.6 is 0 Å². The first-order chi connectivity index (χ1) is 17.8. The minimum absolute atomic E-state index is 0.0413. The molecule has 0 aliphatic heterocycles. The molecule has 3 aromatic rings. The van der Waals surface area contributed by atoms with E-state index >= 15 is 0 Å². The fraction of sp³-hybridized carbons (Fsp3) is 0.192. The third-order valence-electron chi connectivity index (χ3n) is 5.76. The van der Waals surface area contributed by atoms with Crippen molar-refractivity contribution in [3.8, 4) is 11.5 Å². The molecule has 5 N–H and O–H groups in total. The first-order valence-corrected chi connectivity index (χ1v) is 11.3. The van der Waals surface area contributed by atoms with E-state index in [1.807, 2.05) is 0 Å². The highest BCUT2D eigenvalue weighted by Crippen LogP contribution is 2.48. The summed E-state index contributed by atoms with van der Waals surface area (Å²) in [5.41, 5.74) is 8.76. The number of carbonyl (C=O) groups excluding carboxylic acids is 2. The Morgan fingerprint density at radius 1 is 0.974 bits per heavy atom. The highest BCUT2D eigenvalue weighted by Gasteiger charge is 2.40. The van der Waals surface area contributed by atoms with Crippen molar-refractivity contribution in [3.05, 3.63) is 88.0 Å². The fourth-order valence-electron chi connectivity index (χ4n) is 3.82. The van der Waals surface area contributed by atoms with Crippen LogP contribution in [0.15, 0.2) is 53.5 Å². The van der Waals surface area contributed by atoms with E-state index in [9.17, 15) is 31.5 Å². The van der Waals surface area contributed by atoms with Crippen LogP contribution in [-0.4, -0.2) is 17.8 Å². The van der Waals surface area contributed by atoms with Gasteiger partial charge in [-0.15, -0.1) is 0 Å². The molecule has 12 heteroatoms. The molecule has 0 unspecified atom stereocenters. The molecule has 0 spiro atoms. The second-order valence-corrected chi connectivity index (χ2v) is 8.71. The molecular weight excluding hydrogens is 511 g/mol. The second kappa shape index (κ2) is 10.1. The molecule has 4 rings (SSSR count). The lowest BCUT2D eigenvalue weighted by Crippen LogP contribution is -2.24. The molecule has 0 radical (unpaired) electrons. The van der Waals surface area contributed by atoms with Crippen molar-refractivity contribution >= 4 is 23.5 Å². The van der Waals surface area contributed by atoms with Crippen molar-refractivity contribution in [2.24, 2.45) is 16.5 Å². The van der Waals surface area contributed by atoms with Crippen LogP contribution in [0.2, 0.25) is 0 Å². The summed E-state index contributed by atoms with van der Waals surface area (Å²) in [6, 6.07) is 8.31. The number of amides is 2. The number of carbonyl (C=O) groups is 2. The van der Waals surface area contributed by atoms with Crippen LogP contribution in [0.1, 0.15) is 56.2 Å². The average Bonchev–Trinajstić information content (AvgIpc) is 3.66. The minimum Gasteiger partial charge on any atom is -0.456 e. The van der Waals surface area contributed by atoms with Crippen LogP contribution in [0, 0.1) is 18.6 Å². The van der Waals surface area contributed by atoms with E-state index in [-0.39, 0.29) is 34.0 Å². The summed E-state index contributed by atoms with van der Waals surface area (Å²) < 4.78 is 75.1. The molecule has 0 bridgehead atoms. The van der Waals surface area contributed by atoms with Crippen molar-refractivity contribution in [3.63, 3.8) is 0 Å². The molecule has 7 nitrogen and oxygen atoms in total. The molecule has 2 amide bonds. The molecule has 1 aliphatic carbocycles. The maximum absolute atomic E-state index is 14.2. The predicted molar refractivity (Wildman–Crippen MR) is 129 cm³/mol. The monoisotopic (exact) mass is 532 g/mol. The number of hydrogen-bond donors (Lipinski definition) is 3. The van der Waals surface area contributed by atoms with Crippen LogP contribution in [-0.2, 0) is 6.18 Å². The molecule has 1 aliphatic rings. The van der Waals surface area contributed by atoms with Gasteiger partial charge in [0.1, 0.15) is 23.1 Å². The largest absolute Gasteiger partial charge is 0.456 e. The summed E-state index contributed by atoms with van der Waals surface area (Å²) in [6.45, 7) is 1.50. The second-order valence-electron chi connectivity index (χ2n) is 8.71. The Morgan fingerprint density at radius 3 is 2.29 bits per heavy atom. The zero-order valence-electron chi connectivity index (χ0n) is 19.8. The molecule has 0 aromatic heterocycles. The number of nitrogens with zero attached hydrogens (tertiary/aromatic N) is 1. The number of alkyl halides is 3. The number of halogens is 5. The predicted octanol–water partition coefficient (Wildman–Crippen LogP) is 5.63. The Kier molecular flexibility index (Phi) is 7.07. The summed E-state index contributed by atoms with van der Waals surface area (Å²) in [5, 5.41) is 2.44. The van der Waals surface area contributed by atoms with Gasteiger partial charge in [0.05, 0.1) is 16.7 Å². The zero-order chi connectivity index (χ0) is 27.8. The maximum Gasteiger partial charge on any atom is 0.416 e. The Bertz CT molecular complexity index is 1460. The van der Waals surface area contributed by atoms with Gasteiger partial charge in [0.25, 0.3) is 11.8 Å². The van der Waals surface area contributed by atoms with Crippen LogP contribution < -0.4 is 21.5 Å². The van der Waals surface area contributed by atoms with Crippen molar-refractivity contribution < 1.29 is 36.3 Å². The summed E-state index contributed by atoms with van der Waals surface area (Å²) in [7, 11) is 0. The molecule has 3 aromatic carbocycles. The van der Waals surface area contributed by atoms with E-state index in [2.05, 4.69) is 10.3 Å². The summed E-state index contributed by atoms with van der Waals surface area (Å²) in [5.74, 6) is -4.88. The van der Waals surface area contributed by atoms with Gasteiger partial charge in [-0.3, -0.25) is 9.59 Å². The van der Waals surface area contributed by atoms with E-state index in [0.717, 1.165) is 42.5 Å². The Labute approximate surface area is 213 Å². The number of hydrogen-bond acceptors (Lipinski definition) is 3. The first kappa shape index (κ1) is 26.6. The van der Waals surface area contributed by atoms with Gasteiger partial charge in [0, 0.05) is 5.69 Å². The van der Waals surface area contributed by atoms with Crippen molar-refractivity contribution in [2.45, 2.75) is 31.9 Å². The van der Waals surface area contributed by atoms with Gasteiger partial charge in [-0.2, -0.15) is 18.2 Å². The zero-order valence-corrected chi connectivity index (χ0v) is 19.8. The van der Waals surface area contributed by atoms with E-state index in [1.54, 1.807) is 0 Å². The van der Waals surface area contributed by atoms with Crippen LogP contribution in [0.3, 0.4) is 0 Å². The summed E-state index contributed by atoms with van der Waals surface area (Å²) >= 11 is 0. The normalized spacial score (nSPS) is 13.1. The highest BCUT2D eigenvalue weighted by molar-refractivity contribution is 6.08. The molecule has 38 heavy (non-hydrogen) atoms. The van der Waals surface area contributed by atoms with E-state index in [0.29, 0.717) is 12.8 Å². The third kappa shape index (κ3) is 5.90. The lowest BCUT2D eigenvalue weighted by Gasteiger charge is -2.19. The van der Waals surface area contributed by atoms with Crippen LogP contribution in [0.5, 0.6) is 11.5 Å². The molecular formula is C26H21F5N4O3. The van der Waals surface area contributed by atoms with E-state index < -0.39 is 52.5 Å². The van der Waals surface area contributed by atoms with Gasteiger partial charge in [-0.25, -0.2) is 8.78 Å².